The molecule has 0 bridgehead atoms. The Morgan fingerprint density at radius 3 is 2.63 bits per heavy atom. The van der Waals surface area contributed by atoms with E-state index in [2.05, 4.69) is 53.2 Å². The number of benzene rings is 2. The largest absolute Gasteiger partial charge is 0.472 e. The van der Waals surface area contributed by atoms with Crippen LogP contribution in [-0.2, 0) is 6.61 Å². The lowest BCUT2D eigenvalue weighted by Gasteiger charge is -2.08. The average Bonchev–Trinajstić information content (AvgIpc) is 3.10. The molecule has 4 rings (SSSR count). The van der Waals surface area contributed by atoms with Crippen molar-refractivity contribution in [2.24, 2.45) is 0 Å². The average molecular weight is 355 g/mol. The number of aryl methyl sites for hydroxylation is 2. The lowest BCUT2D eigenvalue weighted by atomic mass is 10.1. The summed E-state index contributed by atoms with van der Waals surface area (Å²) in [6.07, 6.45) is 3.17. The molecule has 0 atom stereocenters. The molecule has 0 fully saturated rings. The molecule has 2 heterocycles. The molecule has 6 heteroatoms. The number of rotatable bonds is 4. The van der Waals surface area contributed by atoms with Gasteiger partial charge in [0, 0.05) is 5.56 Å². The Balaban J connectivity index is 1.70. The summed E-state index contributed by atoms with van der Waals surface area (Å²) in [4.78, 5) is 8.63. The van der Waals surface area contributed by atoms with Crippen LogP contribution >= 0.6 is 0 Å². The summed E-state index contributed by atoms with van der Waals surface area (Å²) in [5, 5.41) is 14.4. The van der Waals surface area contributed by atoms with E-state index in [1.807, 2.05) is 18.2 Å². The van der Waals surface area contributed by atoms with Gasteiger partial charge in [-0.15, -0.1) is 0 Å². The minimum absolute atomic E-state index is 0.255. The SMILES string of the molecule is Cc1cc(C)cc(-n2ncc3c(OCc4ccccc4C#N)ncnc32)c1. The number of nitriles is 1. The van der Waals surface area contributed by atoms with Crippen LogP contribution in [0.2, 0.25) is 0 Å². The molecule has 0 radical (unpaired) electrons. The van der Waals surface area contributed by atoms with Crippen molar-refractivity contribution >= 4 is 11.0 Å². The quantitative estimate of drug-likeness (QED) is 0.555. The van der Waals surface area contributed by atoms with Crippen LogP contribution < -0.4 is 4.74 Å². The Morgan fingerprint density at radius 2 is 1.85 bits per heavy atom. The zero-order valence-electron chi connectivity index (χ0n) is 15.0. The standard InChI is InChI=1S/C21H17N5O/c1-14-7-15(2)9-18(8-14)26-20-19(11-25-26)21(24-13-23-20)27-12-17-6-4-3-5-16(17)10-22/h3-9,11,13H,12H2,1-2H3. The molecule has 0 unspecified atom stereocenters. The van der Waals surface area contributed by atoms with E-state index < -0.39 is 0 Å². The van der Waals surface area contributed by atoms with Crippen molar-refractivity contribution < 1.29 is 4.74 Å². The Labute approximate surface area is 156 Å². The molecule has 27 heavy (non-hydrogen) atoms. The van der Waals surface area contributed by atoms with Gasteiger partial charge in [-0.25, -0.2) is 14.6 Å². The Bertz CT molecular complexity index is 1150. The van der Waals surface area contributed by atoms with Gasteiger partial charge in [-0.1, -0.05) is 24.3 Å². The van der Waals surface area contributed by atoms with Crippen LogP contribution in [0, 0.1) is 25.2 Å². The summed E-state index contributed by atoms with van der Waals surface area (Å²) >= 11 is 0. The van der Waals surface area contributed by atoms with E-state index in [9.17, 15) is 5.26 Å². The highest BCUT2D eigenvalue weighted by Gasteiger charge is 2.13. The third kappa shape index (κ3) is 3.23. The van der Waals surface area contributed by atoms with Gasteiger partial charge in [0.15, 0.2) is 5.65 Å². The van der Waals surface area contributed by atoms with Crippen LogP contribution in [0.4, 0.5) is 0 Å². The lowest BCUT2D eigenvalue weighted by Crippen LogP contribution is -2.02. The third-order valence-electron chi connectivity index (χ3n) is 4.28. The van der Waals surface area contributed by atoms with Crippen LogP contribution in [0.1, 0.15) is 22.3 Å². The van der Waals surface area contributed by atoms with E-state index in [1.165, 1.54) is 6.33 Å². The smallest absolute Gasteiger partial charge is 0.228 e. The molecule has 0 aliphatic carbocycles. The molecule has 0 saturated heterocycles. The van der Waals surface area contributed by atoms with E-state index in [0.29, 0.717) is 17.1 Å². The highest BCUT2D eigenvalue weighted by molar-refractivity contribution is 5.81. The summed E-state index contributed by atoms with van der Waals surface area (Å²) in [6.45, 7) is 4.36. The summed E-state index contributed by atoms with van der Waals surface area (Å²) in [7, 11) is 0. The van der Waals surface area contributed by atoms with Gasteiger partial charge in [0.25, 0.3) is 0 Å². The molecule has 6 nitrogen and oxygen atoms in total. The van der Waals surface area contributed by atoms with Gasteiger partial charge in [-0.05, 0) is 43.2 Å². The van der Waals surface area contributed by atoms with E-state index in [4.69, 9.17) is 4.74 Å². The second kappa shape index (κ2) is 6.89. The number of fused-ring (bicyclic) bond motifs is 1. The highest BCUT2D eigenvalue weighted by Crippen LogP contribution is 2.25. The molecule has 0 spiro atoms. The maximum absolute atomic E-state index is 9.22. The summed E-state index contributed by atoms with van der Waals surface area (Å²) < 4.78 is 7.67. The molecular weight excluding hydrogens is 338 g/mol. The van der Waals surface area contributed by atoms with Crippen LogP contribution in [0.15, 0.2) is 55.0 Å². The number of hydrogen-bond donors (Lipinski definition) is 0. The minimum atomic E-state index is 0.255. The summed E-state index contributed by atoms with van der Waals surface area (Å²) in [5.74, 6) is 0.448. The van der Waals surface area contributed by atoms with Gasteiger partial charge in [0.05, 0.1) is 23.5 Å². The van der Waals surface area contributed by atoms with Gasteiger partial charge in [0.1, 0.15) is 18.3 Å². The Morgan fingerprint density at radius 1 is 1.07 bits per heavy atom. The van der Waals surface area contributed by atoms with Gasteiger partial charge in [-0.3, -0.25) is 0 Å². The van der Waals surface area contributed by atoms with Crippen molar-refractivity contribution in [1.29, 1.82) is 5.26 Å². The Hall–Kier alpha value is -3.72. The Kier molecular flexibility index (Phi) is 4.27. The molecule has 2 aromatic carbocycles. The maximum atomic E-state index is 9.22. The predicted molar refractivity (Wildman–Crippen MR) is 102 cm³/mol. The van der Waals surface area contributed by atoms with Gasteiger partial charge in [-0.2, -0.15) is 10.4 Å². The van der Waals surface area contributed by atoms with Crippen LogP contribution in [0.3, 0.4) is 0 Å². The van der Waals surface area contributed by atoms with Gasteiger partial charge < -0.3 is 4.74 Å². The van der Waals surface area contributed by atoms with Gasteiger partial charge >= 0.3 is 0 Å². The van der Waals surface area contributed by atoms with Crippen molar-refractivity contribution in [3.8, 4) is 17.6 Å². The van der Waals surface area contributed by atoms with Crippen molar-refractivity contribution in [3.63, 3.8) is 0 Å². The number of hydrogen-bond acceptors (Lipinski definition) is 5. The zero-order chi connectivity index (χ0) is 18.8. The first-order valence-electron chi connectivity index (χ1n) is 8.54. The third-order valence-corrected chi connectivity index (χ3v) is 4.28. The number of nitrogens with zero attached hydrogens (tertiary/aromatic N) is 5. The first kappa shape index (κ1) is 16.7. The normalized spacial score (nSPS) is 10.7. The number of aromatic nitrogens is 4. The zero-order valence-corrected chi connectivity index (χ0v) is 15.0. The van der Waals surface area contributed by atoms with E-state index in [1.54, 1.807) is 16.9 Å². The molecule has 0 aliphatic heterocycles. The number of ether oxygens (including phenoxy) is 1. The molecule has 0 N–H and O–H groups in total. The first-order chi connectivity index (χ1) is 13.2. The van der Waals surface area contributed by atoms with Crippen molar-refractivity contribution in [2.45, 2.75) is 20.5 Å². The summed E-state index contributed by atoms with van der Waals surface area (Å²) in [6, 6.07) is 15.8. The molecular formula is C21H17N5O. The van der Waals surface area contributed by atoms with Crippen LogP contribution in [0.5, 0.6) is 5.88 Å². The molecule has 0 aliphatic rings. The lowest BCUT2D eigenvalue weighted by molar-refractivity contribution is 0.297. The van der Waals surface area contributed by atoms with Crippen molar-refractivity contribution in [1.82, 2.24) is 19.7 Å². The fraction of sp³-hybridized carbons (Fsp3) is 0.143. The van der Waals surface area contributed by atoms with Crippen LogP contribution in [0.25, 0.3) is 16.7 Å². The second-order valence-electron chi connectivity index (χ2n) is 6.38. The molecule has 2 aromatic heterocycles. The maximum Gasteiger partial charge on any atom is 0.228 e. The first-order valence-corrected chi connectivity index (χ1v) is 8.54. The molecule has 4 aromatic rings. The van der Waals surface area contributed by atoms with E-state index in [0.717, 1.165) is 27.8 Å². The highest BCUT2D eigenvalue weighted by atomic mass is 16.5. The van der Waals surface area contributed by atoms with Crippen molar-refractivity contribution in [2.75, 3.05) is 0 Å². The van der Waals surface area contributed by atoms with E-state index >= 15 is 0 Å². The summed E-state index contributed by atoms with van der Waals surface area (Å²) in [5.41, 5.74) is 5.35. The fourth-order valence-corrected chi connectivity index (χ4v) is 3.10. The van der Waals surface area contributed by atoms with E-state index in [-0.39, 0.29) is 6.61 Å². The predicted octanol–water partition coefficient (Wildman–Crippen LogP) is 3.88. The van der Waals surface area contributed by atoms with Crippen molar-refractivity contribution in [3.05, 3.63) is 77.2 Å². The minimum Gasteiger partial charge on any atom is -0.472 e. The topological polar surface area (TPSA) is 76.6 Å². The molecule has 0 amide bonds. The van der Waals surface area contributed by atoms with Gasteiger partial charge in [0.2, 0.25) is 5.88 Å². The van der Waals surface area contributed by atoms with Crippen LogP contribution in [-0.4, -0.2) is 19.7 Å². The monoisotopic (exact) mass is 355 g/mol. The fourth-order valence-electron chi connectivity index (χ4n) is 3.10. The second-order valence-corrected chi connectivity index (χ2v) is 6.38. The molecule has 0 saturated carbocycles. The molecule has 132 valence electrons.